The Bertz CT molecular complexity index is 1460. The van der Waals surface area contributed by atoms with Gasteiger partial charge in [-0.1, -0.05) is 68.2 Å². The molecule has 38 heavy (non-hydrogen) atoms. The molecule has 6 nitrogen and oxygen atoms in total. The fourth-order valence-corrected chi connectivity index (χ4v) is 4.82. The molecule has 198 valence electrons. The first-order valence-corrected chi connectivity index (χ1v) is 12.4. The van der Waals surface area contributed by atoms with Gasteiger partial charge in [-0.05, 0) is 40.8 Å². The summed E-state index contributed by atoms with van der Waals surface area (Å²) in [6.45, 7) is 6.19. The predicted molar refractivity (Wildman–Crippen MR) is 146 cm³/mol. The molecule has 0 bridgehead atoms. The van der Waals surface area contributed by atoms with Crippen LogP contribution in [-0.2, 0) is 15.0 Å². The number of aliphatic hydroxyl groups excluding tert-OH is 1. The average Bonchev–Trinajstić information content (AvgIpc) is 3.15. The lowest BCUT2D eigenvalue weighted by atomic mass is 9.85. The van der Waals surface area contributed by atoms with Gasteiger partial charge in [0.25, 0.3) is 11.7 Å². The van der Waals surface area contributed by atoms with E-state index < -0.39 is 29.3 Å². The highest BCUT2D eigenvalue weighted by Gasteiger charge is 2.47. The van der Waals surface area contributed by atoms with E-state index in [1.165, 1.54) is 43.4 Å². The lowest BCUT2D eigenvalue weighted by molar-refractivity contribution is -0.132. The number of Topliss-reactive ketones (excluding diaryl/α,β-unsaturated/α-hetero) is 1. The molecule has 1 amide bonds. The third-order valence-electron chi connectivity index (χ3n) is 6.45. The molecular weight excluding hydrogens is 532 g/mol. The van der Waals surface area contributed by atoms with Crippen molar-refractivity contribution in [3.05, 3.63) is 92.7 Å². The number of nitrogens with zero attached hydrogens (tertiary/aromatic N) is 1. The number of ketones is 1. The molecule has 1 aliphatic rings. The average molecular weight is 558 g/mol. The fraction of sp³-hybridized carbons (Fsp3) is 0.241. The molecule has 1 N–H and O–H groups in total. The number of carbonyl (C=O) groups excluding carboxylic acids is 2. The third kappa shape index (κ3) is 4.84. The molecule has 1 fully saturated rings. The molecular formula is C29H26Cl2FNO5. The highest BCUT2D eigenvalue weighted by Crippen LogP contribution is 2.45. The Hall–Kier alpha value is -3.55. The summed E-state index contributed by atoms with van der Waals surface area (Å²) in [7, 11) is 2.82. The van der Waals surface area contributed by atoms with E-state index in [0.29, 0.717) is 11.3 Å². The van der Waals surface area contributed by atoms with E-state index in [2.05, 4.69) is 20.8 Å². The van der Waals surface area contributed by atoms with Gasteiger partial charge in [-0.25, -0.2) is 4.39 Å². The SMILES string of the molecule is COc1cc(OC)c(/C(O)=C2\C(=O)C(=O)N(c3ccc(F)c(Cl)c3)C2c2ccc(C(C)(C)C)cc2)cc1Cl. The summed E-state index contributed by atoms with van der Waals surface area (Å²) in [6.07, 6.45) is 0. The number of rotatable bonds is 5. The largest absolute Gasteiger partial charge is 0.507 e. The number of methoxy groups -OCH3 is 2. The Balaban J connectivity index is 1.99. The van der Waals surface area contributed by atoms with Crippen LogP contribution < -0.4 is 14.4 Å². The van der Waals surface area contributed by atoms with Gasteiger partial charge < -0.3 is 14.6 Å². The lowest BCUT2D eigenvalue weighted by Crippen LogP contribution is -2.29. The monoisotopic (exact) mass is 557 g/mol. The van der Waals surface area contributed by atoms with Crippen LogP contribution in [0, 0.1) is 5.82 Å². The van der Waals surface area contributed by atoms with E-state index in [9.17, 15) is 19.1 Å². The standard InChI is InChI=1S/C29H26Cl2FNO5/c1-29(2,3)16-8-6-15(7-9-16)25-24(26(34)18-13-20(31)23(38-5)14-22(18)37-4)27(35)28(36)33(25)17-10-11-21(32)19(30)12-17/h6-14,25,34H,1-5H3/b26-24+. The van der Waals surface area contributed by atoms with E-state index in [1.54, 1.807) is 12.1 Å². The number of hydrogen-bond acceptors (Lipinski definition) is 5. The Labute approximate surface area is 230 Å². The van der Waals surface area contributed by atoms with Crippen molar-refractivity contribution in [2.45, 2.75) is 32.2 Å². The van der Waals surface area contributed by atoms with E-state index in [0.717, 1.165) is 11.6 Å². The minimum atomic E-state index is -1.05. The predicted octanol–water partition coefficient (Wildman–Crippen LogP) is 7.07. The number of ether oxygens (including phenoxy) is 2. The van der Waals surface area contributed by atoms with Gasteiger partial charge in [0.2, 0.25) is 0 Å². The van der Waals surface area contributed by atoms with E-state index in [4.69, 9.17) is 32.7 Å². The summed E-state index contributed by atoms with van der Waals surface area (Å²) >= 11 is 12.3. The molecule has 1 unspecified atom stereocenters. The molecule has 3 aromatic carbocycles. The Morgan fingerprint density at radius 3 is 2.11 bits per heavy atom. The van der Waals surface area contributed by atoms with Crippen molar-refractivity contribution in [2.24, 2.45) is 0 Å². The minimum Gasteiger partial charge on any atom is -0.507 e. The van der Waals surface area contributed by atoms with Crippen LogP contribution in [0.2, 0.25) is 10.0 Å². The van der Waals surface area contributed by atoms with Crippen molar-refractivity contribution < 1.29 is 28.6 Å². The number of amides is 1. The van der Waals surface area contributed by atoms with Gasteiger partial charge in [-0.15, -0.1) is 0 Å². The Kier molecular flexibility index (Phi) is 7.46. The Morgan fingerprint density at radius 1 is 0.921 bits per heavy atom. The van der Waals surface area contributed by atoms with E-state index in [-0.39, 0.29) is 38.0 Å². The van der Waals surface area contributed by atoms with Crippen molar-refractivity contribution in [1.29, 1.82) is 0 Å². The summed E-state index contributed by atoms with van der Waals surface area (Å²) in [5, 5.41) is 11.5. The number of carbonyl (C=O) groups is 2. The van der Waals surface area contributed by atoms with Gasteiger partial charge in [0.05, 0.1) is 41.4 Å². The maximum Gasteiger partial charge on any atom is 0.300 e. The first-order chi connectivity index (χ1) is 17.9. The van der Waals surface area contributed by atoms with Crippen LogP contribution in [0.3, 0.4) is 0 Å². The molecule has 0 radical (unpaired) electrons. The van der Waals surface area contributed by atoms with Crippen molar-refractivity contribution >= 4 is 46.3 Å². The van der Waals surface area contributed by atoms with E-state index in [1.807, 2.05) is 12.1 Å². The van der Waals surface area contributed by atoms with Gasteiger partial charge in [0.1, 0.15) is 23.1 Å². The molecule has 0 saturated carbocycles. The topological polar surface area (TPSA) is 76.1 Å². The molecule has 1 atom stereocenters. The van der Waals surface area contributed by atoms with Crippen LogP contribution in [-0.4, -0.2) is 31.0 Å². The normalized spacial score (nSPS) is 17.2. The van der Waals surface area contributed by atoms with Crippen molar-refractivity contribution in [3.8, 4) is 11.5 Å². The van der Waals surface area contributed by atoms with Crippen molar-refractivity contribution in [3.63, 3.8) is 0 Å². The zero-order valence-electron chi connectivity index (χ0n) is 21.4. The first kappa shape index (κ1) is 27.5. The van der Waals surface area contributed by atoms with Crippen LogP contribution in [0.1, 0.15) is 43.5 Å². The van der Waals surface area contributed by atoms with Gasteiger partial charge in [-0.3, -0.25) is 14.5 Å². The smallest absolute Gasteiger partial charge is 0.300 e. The maximum atomic E-state index is 14.0. The molecule has 3 aromatic rings. The molecule has 1 heterocycles. The van der Waals surface area contributed by atoms with Gasteiger partial charge in [0.15, 0.2) is 0 Å². The number of benzene rings is 3. The fourth-order valence-electron chi connectivity index (χ4n) is 4.40. The minimum absolute atomic E-state index is 0.102. The van der Waals surface area contributed by atoms with Gasteiger partial charge in [0, 0.05) is 11.8 Å². The molecule has 9 heteroatoms. The van der Waals surface area contributed by atoms with Crippen LogP contribution in [0.25, 0.3) is 5.76 Å². The molecule has 4 rings (SSSR count). The highest BCUT2D eigenvalue weighted by atomic mass is 35.5. The summed E-state index contributed by atoms with van der Waals surface area (Å²) in [5.41, 5.74) is 1.56. The number of halogens is 3. The first-order valence-electron chi connectivity index (χ1n) is 11.7. The molecule has 0 aliphatic carbocycles. The summed E-state index contributed by atoms with van der Waals surface area (Å²) < 4.78 is 24.6. The second-order valence-electron chi connectivity index (χ2n) is 9.83. The molecule has 1 aliphatic heterocycles. The van der Waals surface area contributed by atoms with Crippen LogP contribution >= 0.6 is 23.2 Å². The Morgan fingerprint density at radius 2 is 1.55 bits per heavy atom. The highest BCUT2D eigenvalue weighted by molar-refractivity contribution is 6.52. The number of anilines is 1. The van der Waals surface area contributed by atoms with E-state index >= 15 is 0 Å². The zero-order chi connectivity index (χ0) is 27.9. The summed E-state index contributed by atoms with van der Waals surface area (Å²) in [5.74, 6) is -2.50. The van der Waals surface area contributed by atoms with Gasteiger partial charge >= 0.3 is 0 Å². The molecule has 0 aromatic heterocycles. The van der Waals surface area contributed by atoms with Crippen molar-refractivity contribution in [2.75, 3.05) is 19.1 Å². The van der Waals surface area contributed by atoms with Crippen LogP contribution in [0.15, 0.2) is 60.2 Å². The zero-order valence-corrected chi connectivity index (χ0v) is 22.9. The summed E-state index contributed by atoms with van der Waals surface area (Å²) in [4.78, 5) is 28.1. The maximum absolute atomic E-state index is 14.0. The second-order valence-corrected chi connectivity index (χ2v) is 10.6. The quantitative estimate of drug-likeness (QED) is 0.206. The summed E-state index contributed by atoms with van der Waals surface area (Å²) in [6, 6.07) is 12.9. The molecule has 1 saturated heterocycles. The van der Waals surface area contributed by atoms with Crippen LogP contribution in [0.5, 0.6) is 11.5 Å². The third-order valence-corrected chi connectivity index (χ3v) is 7.03. The van der Waals surface area contributed by atoms with Crippen LogP contribution in [0.4, 0.5) is 10.1 Å². The molecule has 0 spiro atoms. The number of aliphatic hydroxyl groups is 1. The second kappa shape index (κ2) is 10.3. The van der Waals surface area contributed by atoms with Gasteiger partial charge in [-0.2, -0.15) is 0 Å². The lowest BCUT2D eigenvalue weighted by Gasteiger charge is -2.27. The number of hydrogen-bond donors (Lipinski definition) is 1. The van der Waals surface area contributed by atoms with Crippen molar-refractivity contribution in [1.82, 2.24) is 0 Å².